The summed E-state index contributed by atoms with van der Waals surface area (Å²) >= 11 is 0. The highest BCUT2D eigenvalue weighted by Crippen LogP contribution is 2.35. The van der Waals surface area contributed by atoms with Crippen LogP contribution in [0, 0.1) is 11.8 Å². The second kappa shape index (κ2) is 6.02. The molecule has 2 heteroatoms. The first-order chi connectivity index (χ1) is 7.81. The molecule has 0 aliphatic heterocycles. The minimum Gasteiger partial charge on any atom is -0.375 e. The summed E-state index contributed by atoms with van der Waals surface area (Å²) in [5.74, 6) is 1.81. The summed E-state index contributed by atoms with van der Waals surface area (Å²) in [7, 11) is 2.04. The summed E-state index contributed by atoms with van der Waals surface area (Å²) in [6.45, 7) is 3.49. The van der Waals surface area contributed by atoms with E-state index in [1.165, 1.54) is 51.5 Å². The molecule has 0 heterocycles. The molecular formula is C14H27NO. The first-order valence-corrected chi connectivity index (χ1v) is 7.11. The normalized spacial score (nSPS) is 39.4. The molecule has 2 aliphatic carbocycles. The van der Waals surface area contributed by atoms with Gasteiger partial charge in [0.1, 0.15) is 0 Å². The molecule has 0 saturated heterocycles. The van der Waals surface area contributed by atoms with Crippen LogP contribution in [-0.4, -0.2) is 25.8 Å². The van der Waals surface area contributed by atoms with Crippen LogP contribution >= 0.6 is 0 Å². The summed E-state index contributed by atoms with van der Waals surface area (Å²) in [5.41, 5.74) is 0. The summed E-state index contributed by atoms with van der Waals surface area (Å²) < 4.78 is 6.21. The molecule has 0 radical (unpaired) electrons. The third-order valence-electron chi connectivity index (χ3n) is 4.38. The van der Waals surface area contributed by atoms with E-state index < -0.39 is 0 Å². The van der Waals surface area contributed by atoms with E-state index in [1.807, 2.05) is 7.05 Å². The van der Waals surface area contributed by atoms with Gasteiger partial charge >= 0.3 is 0 Å². The smallest absolute Gasteiger partial charge is 0.0585 e. The Balaban J connectivity index is 1.63. The van der Waals surface area contributed by atoms with Crippen LogP contribution in [-0.2, 0) is 4.74 Å². The number of nitrogens with one attached hydrogen (secondary N) is 1. The van der Waals surface area contributed by atoms with Gasteiger partial charge in [0.2, 0.25) is 0 Å². The predicted molar refractivity (Wildman–Crippen MR) is 67.6 cm³/mol. The Morgan fingerprint density at radius 3 is 2.50 bits per heavy atom. The van der Waals surface area contributed by atoms with E-state index in [4.69, 9.17) is 4.74 Å². The lowest BCUT2D eigenvalue weighted by atomic mass is 9.81. The first-order valence-electron chi connectivity index (χ1n) is 7.11. The van der Waals surface area contributed by atoms with Crippen LogP contribution in [0.5, 0.6) is 0 Å². The average molecular weight is 225 g/mol. The Morgan fingerprint density at radius 1 is 1.06 bits per heavy atom. The summed E-state index contributed by atoms with van der Waals surface area (Å²) in [4.78, 5) is 0. The van der Waals surface area contributed by atoms with Gasteiger partial charge in [-0.2, -0.15) is 0 Å². The van der Waals surface area contributed by atoms with Crippen LogP contribution in [0.2, 0.25) is 0 Å². The molecule has 2 atom stereocenters. The molecule has 2 nitrogen and oxygen atoms in total. The molecule has 0 aromatic rings. The maximum Gasteiger partial charge on any atom is 0.0585 e. The van der Waals surface area contributed by atoms with Gasteiger partial charge in [0.05, 0.1) is 12.2 Å². The molecule has 2 aliphatic rings. The van der Waals surface area contributed by atoms with Crippen LogP contribution in [0.3, 0.4) is 0 Å². The summed E-state index contributed by atoms with van der Waals surface area (Å²) in [6.07, 6.45) is 10.5. The van der Waals surface area contributed by atoms with Gasteiger partial charge in [0, 0.05) is 0 Å². The van der Waals surface area contributed by atoms with E-state index in [1.54, 1.807) is 0 Å². The van der Waals surface area contributed by atoms with Crippen LogP contribution in [0.15, 0.2) is 0 Å². The molecule has 2 rings (SSSR count). The third-order valence-corrected chi connectivity index (χ3v) is 4.38. The zero-order valence-corrected chi connectivity index (χ0v) is 10.9. The molecule has 0 bridgehead atoms. The molecule has 1 N–H and O–H groups in total. The van der Waals surface area contributed by atoms with Crippen LogP contribution < -0.4 is 5.32 Å². The van der Waals surface area contributed by atoms with Crippen molar-refractivity contribution in [2.45, 2.75) is 64.1 Å². The number of rotatable bonds is 5. The molecule has 0 spiro atoms. The van der Waals surface area contributed by atoms with Crippen molar-refractivity contribution in [1.29, 1.82) is 0 Å². The fourth-order valence-electron chi connectivity index (χ4n) is 3.25. The zero-order chi connectivity index (χ0) is 11.4. The van der Waals surface area contributed by atoms with Gasteiger partial charge in [0.15, 0.2) is 0 Å². The Bertz CT molecular complexity index is 201. The van der Waals surface area contributed by atoms with E-state index >= 15 is 0 Å². The summed E-state index contributed by atoms with van der Waals surface area (Å²) in [5, 5.41) is 3.25. The molecular weight excluding hydrogens is 198 g/mol. The van der Waals surface area contributed by atoms with Gasteiger partial charge in [-0.15, -0.1) is 0 Å². The highest BCUT2D eigenvalue weighted by molar-refractivity contribution is 4.83. The second-order valence-corrected chi connectivity index (χ2v) is 5.72. The first kappa shape index (κ1) is 12.4. The number of hydrogen-bond donors (Lipinski definition) is 1. The quantitative estimate of drug-likeness (QED) is 0.776. The Kier molecular flexibility index (Phi) is 4.66. The van der Waals surface area contributed by atoms with Crippen molar-refractivity contribution in [1.82, 2.24) is 5.32 Å². The second-order valence-electron chi connectivity index (χ2n) is 5.72. The molecule has 2 saturated carbocycles. The van der Waals surface area contributed by atoms with Crippen molar-refractivity contribution in [3.05, 3.63) is 0 Å². The Morgan fingerprint density at radius 2 is 1.81 bits per heavy atom. The molecule has 0 amide bonds. The van der Waals surface area contributed by atoms with Crippen LogP contribution in [0.25, 0.3) is 0 Å². The van der Waals surface area contributed by atoms with E-state index in [-0.39, 0.29) is 0 Å². The third kappa shape index (κ3) is 3.21. The molecule has 2 fully saturated rings. The largest absolute Gasteiger partial charge is 0.375 e. The highest BCUT2D eigenvalue weighted by atomic mass is 16.5. The van der Waals surface area contributed by atoms with E-state index in [0.717, 1.165) is 11.8 Å². The molecule has 2 unspecified atom stereocenters. The van der Waals surface area contributed by atoms with Gasteiger partial charge in [0.25, 0.3) is 0 Å². The maximum absolute atomic E-state index is 6.21. The van der Waals surface area contributed by atoms with E-state index in [9.17, 15) is 0 Å². The minimum absolute atomic E-state index is 0.582. The van der Waals surface area contributed by atoms with Crippen LogP contribution in [0.4, 0.5) is 0 Å². The molecule has 16 heavy (non-hydrogen) atoms. The molecule has 94 valence electrons. The molecule has 0 aromatic heterocycles. The van der Waals surface area contributed by atoms with E-state index in [0.29, 0.717) is 12.2 Å². The zero-order valence-electron chi connectivity index (χ0n) is 10.9. The highest BCUT2D eigenvalue weighted by Gasteiger charge is 2.32. The van der Waals surface area contributed by atoms with Crippen molar-refractivity contribution < 1.29 is 4.74 Å². The van der Waals surface area contributed by atoms with Crippen molar-refractivity contribution in [2.75, 3.05) is 13.6 Å². The Labute approximate surface area is 100 Å². The van der Waals surface area contributed by atoms with Crippen molar-refractivity contribution in [3.8, 4) is 0 Å². The summed E-state index contributed by atoms with van der Waals surface area (Å²) in [6, 6.07) is 0. The number of hydrogen-bond acceptors (Lipinski definition) is 2. The van der Waals surface area contributed by atoms with Gasteiger partial charge < -0.3 is 10.1 Å². The van der Waals surface area contributed by atoms with Crippen molar-refractivity contribution in [3.63, 3.8) is 0 Å². The van der Waals surface area contributed by atoms with Gasteiger partial charge in [-0.1, -0.05) is 26.2 Å². The topological polar surface area (TPSA) is 21.3 Å². The van der Waals surface area contributed by atoms with Gasteiger partial charge in [-0.05, 0) is 51.1 Å². The van der Waals surface area contributed by atoms with Crippen LogP contribution in [0.1, 0.15) is 51.9 Å². The van der Waals surface area contributed by atoms with Crippen molar-refractivity contribution >= 4 is 0 Å². The lowest BCUT2D eigenvalue weighted by molar-refractivity contribution is -0.0926. The SMILES string of the molecule is CCC1CCCC(OC2CC(CNC)C2)C1. The monoisotopic (exact) mass is 225 g/mol. The maximum atomic E-state index is 6.21. The standard InChI is InChI=1S/C14H27NO/c1-3-11-5-4-6-13(7-11)16-14-8-12(9-14)10-15-2/h11-15H,3-10H2,1-2H3. The van der Waals surface area contributed by atoms with Gasteiger partial charge in [-0.25, -0.2) is 0 Å². The average Bonchev–Trinajstić information content (AvgIpc) is 2.27. The fourth-order valence-corrected chi connectivity index (χ4v) is 3.25. The lowest BCUT2D eigenvalue weighted by Crippen LogP contribution is -2.40. The fraction of sp³-hybridized carbons (Fsp3) is 1.00. The van der Waals surface area contributed by atoms with Crippen molar-refractivity contribution in [2.24, 2.45) is 11.8 Å². The van der Waals surface area contributed by atoms with Gasteiger partial charge in [-0.3, -0.25) is 0 Å². The lowest BCUT2D eigenvalue weighted by Gasteiger charge is -2.39. The van der Waals surface area contributed by atoms with E-state index in [2.05, 4.69) is 12.2 Å². The number of ether oxygens (including phenoxy) is 1. The predicted octanol–water partition coefficient (Wildman–Crippen LogP) is 2.97. The minimum atomic E-state index is 0.582. The Hall–Kier alpha value is -0.0800. The molecule has 0 aromatic carbocycles.